The van der Waals surface area contributed by atoms with E-state index in [4.69, 9.17) is 22.1 Å². The Morgan fingerprint density at radius 2 is 2.00 bits per heavy atom. The minimum atomic E-state index is -0.995. The van der Waals surface area contributed by atoms with Crippen molar-refractivity contribution in [2.24, 2.45) is 5.73 Å². The maximum Gasteiger partial charge on any atom is 0.142 e. The second kappa shape index (κ2) is 6.89. The summed E-state index contributed by atoms with van der Waals surface area (Å²) in [6.45, 7) is 0.196. The highest BCUT2D eigenvalue weighted by atomic mass is 35.5. The van der Waals surface area contributed by atoms with E-state index >= 15 is 0 Å². The average Bonchev–Trinajstić information content (AvgIpc) is 2.51. The largest absolute Gasteiger partial charge is 0.497 e. The van der Waals surface area contributed by atoms with E-state index in [-0.39, 0.29) is 11.6 Å². The van der Waals surface area contributed by atoms with Crippen LogP contribution < -0.4 is 10.5 Å². The van der Waals surface area contributed by atoms with Gasteiger partial charge in [0.25, 0.3) is 0 Å². The van der Waals surface area contributed by atoms with Crippen molar-refractivity contribution in [1.82, 2.24) is 0 Å². The van der Waals surface area contributed by atoms with E-state index in [2.05, 4.69) is 0 Å². The van der Waals surface area contributed by atoms with Gasteiger partial charge in [-0.15, -0.1) is 0 Å². The van der Waals surface area contributed by atoms with Gasteiger partial charge in [-0.25, -0.2) is 4.39 Å². The molecular weight excluding hydrogens is 293 g/mol. The molecule has 0 heterocycles. The minimum Gasteiger partial charge on any atom is -0.497 e. The lowest BCUT2D eigenvalue weighted by Gasteiger charge is -2.23. The van der Waals surface area contributed by atoms with Crippen LogP contribution in [0.4, 0.5) is 4.39 Å². The number of ether oxygens (including phenoxy) is 1. The lowest BCUT2D eigenvalue weighted by Crippen LogP contribution is -2.20. The number of aliphatic hydroxyl groups is 1. The summed E-state index contributed by atoms with van der Waals surface area (Å²) in [4.78, 5) is 0. The van der Waals surface area contributed by atoms with Gasteiger partial charge in [-0.2, -0.15) is 0 Å². The summed E-state index contributed by atoms with van der Waals surface area (Å²) in [5.41, 5.74) is 6.92. The fourth-order valence-electron chi connectivity index (χ4n) is 2.29. The monoisotopic (exact) mass is 309 g/mol. The van der Waals surface area contributed by atoms with Crippen molar-refractivity contribution in [3.8, 4) is 5.75 Å². The zero-order chi connectivity index (χ0) is 15.4. The lowest BCUT2D eigenvalue weighted by atomic mass is 9.89. The van der Waals surface area contributed by atoms with E-state index in [9.17, 15) is 9.50 Å². The molecule has 2 aromatic carbocycles. The Morgan fingerprint density at radius 3 is 2.67 bits per heavy atom. The van der Waals surface area contributed by atoms with Crippen molar-refractivity contribution < 1.29 is 14.2 Å². The highest BCUT2D eigenvalue weighted by Gasteiger charge is 2.24. The summed E-state index contributed by atoms with van der Waals surface area (Å²) in [5.74, 6) is -0.294. The number of hydrogen-bond donors (Lipinski definition) is 2. The highest BCUT2D eigenvalue weighted by molar-refractivity contribution is 6.31. The van der Waals surface area contributed by atoms with E-state index in [0.717, 1.165) is 5.56 Å². The summed E-state index contributed by atoms with van der Waals surface area (Å²) < 4.78 is 18.7. The number of benzene rings is 2. The maximum atomic E-state index is 13.5. The van der Waals surface area contributed by atoms with Crippen LogP contribution in [0.25, 0.3) is 0 Å². The standard InChI is InChI=1S/C16H17ClFNO2/c1-21-11-5-2-4-10(8-11)13(9-19)16(20)12-6-3-7-14(18)15(12)17/h2-8,13,16,20H,9,19H2,1H3. The molecule has 3 nitrogen and oxygen atoms in total. The molecule has 0 amide bonds. The Balaban J connectivity index is 2.38. The van der Waals surface area contributed by atoms with Gasteiger partial charge in [0.1, 0.15) is 11.6 Å². The Morgan fingerprint density at radius 1 is 1.29 bits per heavy atom. The predicted octanol–water partition coefficient (Wildman–Crippen LogP) is 3.26. The normalized spacial score (nSPS) is 13.8. The lowest BCUT2D eigenvalue weighted by molar-refractivity contribution is 0.147. The van der Waals surface area contributed by atoms with Crippen molar-refractivity contribution in [3.63, 3.8) is 0 Å². The predicted molar refractivity (Wildman–Crippen MR) is 81.2 cm³/mol. The molecule has 0 radical (unpaired) electrons. The Bertz CT molecular complexity index is 621. The van der Waals surface area contributed by atoms with E-state index in [1.54, 1.807) is 25.3 Å². The molecule has 0 saturated heterocycles. The fraction of sp³-hybridized carbons (Fsp3) is 0.250. The number of aliphatic hydroxyl groups excluding tert-OH is 1. The van der Waals surface area contributed by atoms with Crippen LogP contribution in [-0.2, 0) is 0 Å². The third-order valence-electron chi connectivity index (χ3n) is 3.46. The van der Waals surface area contributed by atoms with Crippen LogP contribution in [0, 0.1) is 5.82 Å². The van der Waals surface area contributed by atoms with Gasteiger partial charge in [0, 0.05) is 18.0 Å². The molecule has 0 aliphatic rings. The number of hydrogen-bond acceptors (Lipinski definition) is 3. The van der Waals surface area contributed by atoms with Crippen LogP contribution in [0.1, 0.15) is 23.1 Å². The average molecular weight is 310 g/mol. The molecule has 0 fully saturated rings. The van der Waals surface area contributed by atoms with Gasteiger partial charge >= 0.3 is 0 Å². The smallest absolute Gasteiger partial charge is 0.142 e. The van der Waals surface area contributed by atoms with Crippen molar-refractivity contribution in [2.45, 2.75) is 12.0 Å². The van der Waals surface area contributed by atoms with Gasteiger partial charge in [0.2, 0.25) is 0 Å². The number of halogens is 2. The zero-order valence-electron chi connectivity index (χ0n) is 11.6. The Hall–Kier alpha value is -1.62. The maximum absolute atomic E-state index is 13.5. The fourth-order valence-corrected chi connectivity index (χ4v) is 2.52. The first-order valence-electron chi connectivity index (χ1n) is 6.54. The van der Waals surface area contributed by atoms with E-state index in [0.29, 0.717) is 11.3 Å². The molecule has 21 heavy (non-hydrogen) atoms. The van der Waals surface area contributed by atoms with E-state index in [1.807, 2.05) is 12.1 Å². The molecule has 112 valence electrons. The van der Waals surface area contributed by atoms with Crippen LogP contribution in [0.2, 0.25) is 5.02 Å². The van der Waals surface area contributed by atoms with E-state index < -0.39 is 17.8 Å². The number of nitrogens with two attached hydrogens (primary N) is 1. The first-order valence-corrected chi connectivity index (χ1v) is 6.92. The number of rotatable bonds is 5. The summed E-state index contributed by atoms with van der Waals surface area (Å²) in [6.07, 6.45) is -0.995. The van der Waals surface area contributed by atoms with Crippen molar-refractivity contribution in [3.05, 3.63) is 64.4 Å². The zero-order valence-corrected chi connectivity index (χ0v) is 12.3. The quantitative estimate of drug-likeness (QED) is 0.891. The molecule has 0 bridgehead atoms. The van der Waals surface area contributed by atoms with Gasteiger partial charge in [-0.3, -0.25) is 0 Å². The van der Waals surface area contributed by atoms with Crippen LogP contribution >= 0.6 is 11.6 Å². The van der Waals surface area contributed by atoms with Gasteiger partial charge in [-0.1, -0.05) is 35.9 Å². The third kappa shape index (κ3) is 3.35. The minimum absolute atomic E-state index is 0.0775. The van der Waals surface area contributed by atoms with Gasteiger partial charge in [0.15, 0.2) is 0 Å². The Kier molecular flexibility index (Phi) is 5.17. The van der Waals surface area contributed by atoms with E-state index in [1.165, 1.54) is 12.1 Å². The molecule has 5 heteroatoms. The highest BCUT2D eigenvalue weighted by Crippen LogP contribution is 2.35. The van der Waals surface area contributed by atoms with Gasteiger partial charge < -0.3 is 15.6 Å². The summed E-state index contributed by atoms with van der Waals surface area (Å²) in [7, 11) is 1.57. The number of methoxy groups -OCH3 is 1. The molecular formula is C16H17ClFNO2. The molecule has 3 N–H and O–H groups in total. The Labute approximate surface area is 128 Å². The summed E-state index contributed by atoms with van der Waals surface area (Å²) >= 11 is 5.93. The topological polar surface area (TPSA) is 55.5 Å². The van der Waals surface area contributed by atoms with Crippen LogP contribution in [0.15, 0.2) is 42.5 Å². The summed E-state index contributed by atoms with van der Waals surface area (Å²) in [6, 6.07) is 11.6. The van der Waals surface area contributed by atoms with Crippen molar-refractivity contribution in [2.75, 3.05) is 13.7 Å². The van der Waals surface area contributed by atoms with Crippen molar-refractivity contribution >= 4 is 11.6 Å². The van der Waals surface area contributed by atoms with Crippen LogP contribution in [0.3, 0.4) is 0 Å². The first kappa shape index (κ1) is 15.8. The second-order valence-electron chi connectivity index (χ2n) is 4.71. The SMILES string of the molecule is COc1cccc(C(CN)C(O)c2cccc(F)c2Cl)c1. The van der Waals surface area contributed by atoms with Crippen molar-refractivity contribution in [1.29, 1.82) is 0 Å². The third-order valence-corrected chi connectivity index (χ3v) is 3.86. The van der Waals surface area contributed by atoms with Crippen LogP contribution in [-0.4, -0.2) is 18.8 Å². The molecule has 2 aromatic rings. The molecule has 2 rings (SSSR count). The summed E-state index contributed by atoms with van der Waals surface area (Å²) in [5, 5.41) is 10.5. The molecule has 0 spiro atoms. The molecule has 0 saturated carbocycles. The molecule has 2 unspecified atom stereocenters. The molecule has 2 atom stereocenters. The van der Waals surface area contributed by atoms with Gasteiger partial charge in [0.05, 0.1) is 18.2 Å². The van der Waals surface area contributed by atoms with Crippen LogP contribution in [0.5, 0.6) is 5.75 Å². The first-order chi connectivity index (χ1) is 10.1. The molecule has 0 aliphatic heterocycles. The molecule has 0 aromatic heterocycles. The molecule has 0 aliphatic carbocycles. The van der Waals surface area contributed by atoms with Gasteiger partial charge in [-0.05, 0) is 23.8 Å². The second-order valence-corrected chi connectivity index (χ2v) is 5.08.